The van der Waals surface area contributed by atoms with Gasteiger partial charge in [0.25, 0.3) is 5.56 Å². The molecule has 6 heteroatoms. The molecular weight excluding hydrogens is 352 g/mol. The quantitative estimate of drug-likeness (QED) is 0.650. The van der Waals surface area contributed by atoms with Crippen molar-refractivity contribution in [3.05, 3.63) is 45.9 Å². The van der Waals surface area contributed by atoms with Crippen LogP contribution >= 0.6 is 0 Å². The fourth-order valence-electron chi connectivity index (χ4n) is 3.98. The van der Waals surface area contributed by atoms with Gasteiger partial charge in [0.05, 0.1) is 6.54 Å². The molecule has 0 spiro atoms. The van der Waals surface area contributed by atoms with Crippen LogP contribution in [0.3, 0.4) is 0 Å². The van der Waals surface area contributed by atoms with E-state index < -0.39 is 0 Å². The van der Waals surface area contributed by atoms with Gasteiger partial charge >= 0.3 is 0 Å². The van der Waals surface area contributed by atoms with Gasteiger partial charge in [0.15, 0.2) is 0 Å². The Balaban J connectivity index is 1.49. The van der Waals surface area contributed by atoms with Gasteiger partial charge in [-0.05, 0) is 56.0 Å². The number of nitrogens with zero attached hydrogens (tertiary/aromatic N) is 2. The largest absolute Gasteiger partial charge is 0.336 e. The van der Waals surface area contributed by atoms with Crippen molar-refractivity contribution in [2.24, 2.45) is 0 Å². The molecule has 1 aromatic heterocycles. The molecule has 1 amide bonds. The number of hydrogen-bond acceptors (Lipinski definition) is 4. The van der Waals surface area contributed by atoms with E-state index in [4.69, 9.17) is 0 Å². The lowest BCUT2D eigenvalue weighted by atomic mass is 9.98. The van der Waals surface area contributed by atoms with E-state index in [1.165, 1.54) is 5.56 Å². The van der Waals surface area contributed by atoms with Crippen molar-refractivity contribution in [3.63, 3.8) is 0 Å². The Hall–Kier alpha value is -2.18. The number of carbonyl (C=O) groups is 1. The van der Waals surface area contributed by atoms with Crippen molar-refractivity contribution in [3.8, 4) is 0 Å². The van der Waals surface area contributed by atoms with Crippen LogP contribution in [0.15, 0.2) is 29.1 Å². The van der Waals surface area contributed by atoms with Crippen LogP contribution in [0.2, 0.25) is 0 Å². The first-order valence-electron chi connectivity index (χ1n) is 10.5. The van der Waals surface area contributed by atoms with E-state index in [0.717, 1.165) is 55.5 Å². The molecule has 1 aliphatic heterocycles. The van der Waals surface area contributed by atoms with Gasteiger partial charge in [0.2, 0.25) is 5.91 Å². The number of carbonyl (C=O) groups excluding carboxylic acids is 1. The van der Waals surface area contributed by atoms with Gasteiger partial charge in [0.1, 0.15) is 0 Å². The summed E-state index contributed by atoms with van der Waals surface area (Å²) >= 11 is 0. The Morgan fingerprint density at radius 3 is 2.68 bits per heavy atom. The summed E-state index contributed by atoms with van der Waals surface area (Å²) in [5.74, 6) is 0.149. The van der Waals surface area contributed by atoms with Gasteiger partial charge in [-0.3, -0.25) is 9.59 Å². The topological polar surface area (TPSA) is 68.4 Å². The molecular formula is C22H32N4O2. The first kappa shape index (κ1) is 20.6. The van der Waals surface area contributed by atoms with Crippen LogP contribution in [0.4, 0.5) is 0 Å². The predicted octanol–water partition coefficient (Wildman–Crippen LogP) is 2.12. The first-order valence-corrected chi connectivity index (χ1v) is 10.5. The average Bonchev–Trinajstić information content (AvgIpc) is 2.73. The average molecular weight is 385 g/mol. The molecule has 0 saturated heterocycles. The molecule has 0 bridgehead atoms. The molecule has 0 unspecified atom stereocenters. The smallest absolute Gasteiger partial charge is 0.256 e. The van der Waals surface area contributed by atoms with Crippen LogP contribution in [-0.4, -0.2) is 60.0 Å². The highest BCUT2D eigenvalue weighted by molar-refractivity contribution is 5.86. The summed E-state index contributed by atoms with van der Waals surface area (Å²) in [7, 11) is 0. The summed E-state index contributed by atoms with van der Waals surface area (Å²) < 4.78 is 0. The van der Waals surface area contributed by atoms with Crippen LogP contribution in [0.5, 0.6) is 0 Å². The van der Waals surface area contributed by atoms with E-state index >= 15 is 0 Å². The lowest BCUT2D eigenvalue weighted by Crippen LogP contribution is -2.38. The highest BCUT2D eigenvalue weighted by atomic mass is 16.2. The van der Waals surface area contributed by atoms with Crippen molar-refractivity contribution in [1.29, 1.82) is 0 Å². The van der Waals surface area contributed by atoms with E-state index in [9.17, 15) is 9.59 Å². The van der Waals surface area contributed by atoms with Crippen LogP contribution in [0.25, 0.3) is 10.8 Å². The Kier molecular flexibility index (Phi) is 7.23. The summed E-state index contributed by atoms with van der Waals surface area (Å²) in [6.45, 7) is 10.5. The second-order valence-corrected chi connectivity index (χ2v) is 7.40. The molecule has 6 nitrogen and oxygen atoms in total. The number of nitrogens with one attached hydrogen (secondary N) is 2. The van der Waals surface area contributed by atoms with Gasteiger partial charge in [0, 0.05) is 30.6 Å². The van der Waals surface area contributed by atoms with Gasteiger partial charge in [-0.25, -0.2) is 0 Å². The molecule has 3 rings (SSSR count). The third-order valence-corrected chi connectivity index (χ3v) is 5.70. The zero-order chi connectivity index (χ0) is 19.9. The Labute approximate surface area is 166 Å². The van der Waals surface area contributed by atoms with Crippen LogP contribution in [0, 0.1) is 0 Å². The molecule has 0 fully saturated rings. The van der Waals surface area contributed by atoms with Crippen LogP contribution in [0.1, 0.15) is 37.9 Å². The normalized spacial score (nSPS) is 13.9. The van der Waals surface area contributed by atoms with Crippen molar-refractivity contribution in [1.82, 2.24) is 20.1 Å². The number of rotatable bonds is 9. The highest BCUT2D eigenvalue weighted by Gasteiger charge is 2.23. The SMILES string of the molecule is CCN(CC)CCCNCCC(=O)N1CCc2c([nH]c(=O)c3ccccc23)C1. The Morgan fingerprint density at radius 1 is 1.18 bits per heavy atom. The summed E-state index contributed by atoms with van der Waals surface area (Å²) in [6.07, 6.45) is 2.38. The third-order valence-electron chi connectivity index (χ3n) is 5.70. The van der Waals surface area contributed by atoms with Crippen molar-refractivity contribution in [2.75, 3.05) is 39.3 Å². The van der Waals surface area contributed by atoms with Crippen molar-refractivity contribution < 1.29 is 4.79 Å². The zero-order valence-corrected chi connectivity index (χ0v) is 17.1. The van der Waals surface area contributed by atoms with E-state index in [1.54, 1.807) is 0 Å². The zero-order valence-electron chi connectivity index (χ0n) is 17.1. The van der Waals surface area contributed by atoms with E-state index in [-0.39, 0.29) is 11.5 Å². The fourth-order valence-corrected chi connectivity index (χ4v) is 3.98. The number of hydrogen-bond donors (Lipinski definition) is 2. The number of fused-ring (bicyclic) bond motifs is 3. The Morgan fingerprint density at radius 2 is 1.93 bits per heavy atom. The molecule has 0 saturated carbocycles. The maximum Gasteiger partial charge on any atom is 0.256 e. The lowest BCUT2D eigenvalue weighted by molar-refractivity contribution is -0.132. The van der Waals surface area contributed by atoms with Gasteiger partial charge in [-0.2, -0.15) is 0 Å². The van der Waals surface area contributed by atoms with E-state index in [2.05, 4.69) is 29.0 Å². The number of aromatic amines is 1. The minimum Gasteiger partial charge on any atom is -0.336 e. The number of H-pyrrole nitrogens is 1. The summed E-state index contributed by atoms with van der Waals surface area (Å²) in [6, 6.07) is 7.71. The first-order chi connectivity index (χ1) is 13.6. The maximum absolute atomic E-state index is 12.6. The van der Waals surface area contributed by atoms with Gasteiger partial charge in [-0.15, -0.1) is 0 Å². The molecule has 0 aliphatic carbocycles. The number of benzene rings is 1. The van der Waals surface area contributed by atoms with Gasteiger partial charge in [-0.1, -0.05) is 32.0 Å². The third kappa shape index (κ3) is 4.80. The van der Waals surface area contributed by atoms with E-state index in [1.807, 2.05) is 29.2 Å². The molecule has 0 radical (unpaired) electrons. The Bertz CT molecular complexity index is 857. The number of aromatic nitrogens is 1. The molecule has 2 heterocycles. The fraction of sp³-hybridized carbons (Fsp3) is 0.545. The summed E-state index contributed by atoms with van der Waals surface area (Å²) in [5, 5.41) is 5.13. The van der Waals surface area contributed by atoms with Crippen molar-refractivity contribution >= 4 is 16.7 Å². The minimum absolute atomic E-state index is 0.0708. The standard InChI is InChI=1S/C22H32N4O2/c1-3-25(4-2)14-7-12-23-13-10-21(27)26-15-11-18-17-8-5-6-9-19(17)22(28)24-20(18)16-26/h5-6,8-9,23H,3-4,7,10-16H2,1-2H3,(H,24,28). The number of pyridine rings is 1. The molecule has 0 atom stereocenters. The second-order valence-electron chi connectivity index (χ2n) is 7.40. The van der Waals surface area contributed by atoms with E-state index in [0.29, 0.717) is 26.1 Å². The second kappa shape index (κ2) is 9.85. The van der Waals surface area contributed by atoms with Crippen LogP contribution < -0.4 is 10.9 Å². The maximum atomic E-state index is 12.6. The molecule has 28 heavy (non-hydrogen) atoms. The minimum atomic E-state index is -0.0708. The molecule has 1 aromatic carbocycles. The highest BCUT2D eigenvalue weighted by Crippen LogP contribution is 2.23. The summed E-state index contributed by atoms with van der Waals surface area (Å²) in [4.78, 5) is 32.2. The lowest BCUT2D eigenvalue weighted by Gasteiger charge is -2.29. The van der Waals surface area contributed by atoms with Gasteiger partial charge < -0.3 is 20.1 Å². The summed E-state index contributed by atoms with van der Waals surface area (Å²) in [5.41, 5.74) is 1.99. The van der Waals surface area contributed by atoms with Crippen molar-refractivity contribution in [2.45, 2.75) is 39.7 Å². The number of amides is 1. The molecule has 152 valence electrons. The monoisotopic (exact) mass is 384 g/mol. The molecule has 2 N–H and O–H groups in total. The molecule has 1 aliphatic rings. The molecule has 2 aromatic rings. The predicted molar refractivity (Wildman–Crippen MR) is 114 cm³/mol. The van der Waals surface area contributed by atoms with Crippen LogP contribution in [-0.2, 0) is 17.8 Å².